The van der Waals surface area contributed by atoms with Gasteiger partial charge in [-0.15, -0.1) is 0 Å². The number of anilines is 1. The first-order valence-corrected chi connectivity index (χ1v) is 16.9. The number of nitrogens with zero attached hydrogens (tertiary/aromatic N) is 3. The molecule has 3 aromatic rings. The Morgan fingerprint density at radius 2 is 1.67 bits per heavy atom. The predicted molar refractivity (Wildman–Crippen MR) is 179 cm³/mol. The molecule has 2 atom stereocenters. The number of sulfonamides is 1. The Hall–Kier alpha value is -3.58. The molecule has 46 heavy (non-hydrogen) atoms. The molecule has 0 aliphatic rings. The number of ether oxygens (including phenoxy) is 1. The van der Waals surface area contributed by atoms with Crippen LogP contribution in [0.2, 0.25) is 15.1 Å². The highest BCUT2D eigenvalue weighted by Crippen LogP contribution is 2.36. The first-order valence-electron chi connectivity index (χ1n) is 14.3. The van der Waals surface area contributed by atoms with Crippen molar-refractivity contribution in [2.45, 2.75) is 64.1 Å². The second kappa shape index (κ2) is 15.8. The normalized spacial score (nSPS) is 12.6. The summed E-state index contributed by atoms with van der Waals surface area (Å²) in [4.78, 5) is 39.7. The van der Waals surface area contributed by atoms with Crippen LogP contribution in [0, 0.1) is 17.0 Å². The van der Waals surface area contributed by atoms with Crippen LogP contribution in [-0.4, -0.2) is 55.8 Å². The molecule has 0 aliphatic heterocycles. The van der Waals surface area contributed by atoms with Gasteiger partial charge in [0.2, 0.25) is 11.8 Å². The fourth-order valence-corrected chi connectivity index (χ4v) is 6.78. The molecule has 248 valence electrons. The quantitative estimate of drug-likeness (QED) is 0.143. The third-order valence-electron chi connectivity index (χ3n) is 7.43. The summed E-state index contributed by atoms with van der Waals surface area (Å²) < 4.78 is 34.8. The zero-order valence-electron chi connectivity index (χ0n) is 25.9. The van der Waals surface area contributed by atoms with Crippen molar-refractivity contribution in [3.8, 4) is 5.75 Å². The number of nitro benzene ring substituents is 1. The minimum absolute atomic E-state index is 0.0599. The highest BCUT2D eigenvalue weighted by Gasteiger charge is 2.36. The fraction of sp³-hybridized carbons (Fsp3) is 0.355. The molecule has 0 radical (unpaired) electrons. The predicted octanol–water partition coefficient (Wildman–Crippen LogP) is 6.79. The lowest BCUT2D eigenvalue weighted by Gasteiger charge is -2.34. The topological polar surface area (TPSA) is 139 Å². The number of amides is 2. The Morgan fingerprint density at radius 1 is 1.02 bits per heavy atom. The first-order chi connectivity index (χ1) is 21.7. The maximum Gasteiger partial charge on any atom is 0.273 e. The van der Waals surface area contributed by atoms with Crippen molar-refractivity contribution in [3.63, 3.8) is 0 Å². The number of nitro groups is 1. The van der Waals surface area contributed by atoms with E-state index in [0.29, 0.717) is 12.0 Å². The maximum absolute atomic E-state index is 14.4. The molecule has 0 aliphatic carbocycles. The first kappa shape index (κ1) is 36.9. The summed E-state index contributed by atoms with van der Waals surface area (Å²) in [5.74, 6) is -1.17. The molecule has 0 unspecified atom stereocenters. The number of carbonyl (C=O) groups is 2. The van der Waals surface area contributed by atoms with Crippen LogP contribution >= 0.6 is 34.8 Å². The molecule has 0 spiro atoms. The number of rotatable bonds is 14. The maximum atomic E-state index is 14.4. The average molecular weight is 714 g/mol. The lowest BCUT2D eigenvalue weighted by Crippen LogP contribution is -2.53. The van der Waals surface area contributed by atoms with Gasteiger partial charge >= 0.3 is 0 Å². The van der Waals surface area contributed by atoms with E-state index in [1.807, 2.05) is 13.8 Å². The van der Waals surface area contributed by atoms with Crippen molar-refractivity contribution in [2.24, 2.45) is 0 Å². The number of nitrogens with one attached hydrogen (secondary N) is 1. The van der Waals surface area contributed by atoms with Crippen LogP contribution < -0.4 is 14.4 Å². The summed E-state index contributed by atoms with van der Waals surface area (Å²) in [6.45, 7) is 5.85. The smallest absolute Gasteiger partial charge is 0.273 e. The Morgan fingerprint density at radius 3 is 2.24 bits per heavy atom. The van der Waals surface area contributed by atoms with Gasteiger partial charge in [0.1, 0.15) is 18.3 Å². The van der Waals surface area contributed by atoms with Crippen LogP contribution in [0.4, 0.5) is 11.4 Å². The van der Waals surface area contributed by atoms with Gasteiger partial charge in [-0.2, -0.15) is 0 Å². The van der Waals surface area contributed by atoms with E-state index in [2.05, 4.69) is 5.32 Å². The molecular formula is C31H35Cl3N4O7S. The van der Waals surface area contributed by atoms with E-state index in [0.717, 1.165) is 10.4 Å². The van der Waals surface area contributed by atoms with Gasteiger partial charge in [0.25, 0.3) is 15.7 Å². The number of halogens is 3. The van der Waals surface area contributed by atoms with E-state index in [1.54, 1.807) is 25.1 Å². The van der Waals surface area contributed by atoms with Crippen LogP contribution in [-0.2, 0) is 26.2 Å². The lowest BCUT2D eigenvalue weighted by molar-refractivity contribution is -0.385. The number of aryl methyl sites for hydroxylation is 1. The van der Waals surface area contributed by atoms with Crippen LogP contribution in [0.15, 0.2) is 59.5 Å². The standard InChI is InChI=1S/C31H35Cl3N4O7S/c1-6-20(4)35-31(40)26(7-2)36(17-23-24(33)9-8-10-25(23)34)30(39)18-37(28-15-21(32)12-14-29(28)45-5)46(43,44)22-13-11-19(3)27(16-22)38(41)42/h8-16,20,26H,6-7,17-18H2,1-5H3,(H,35,40)/t20-,26+/m0/s1. The molecule has 0 aromatic heterocycles. The third-order valence-corrected chi connectivity index (χ3v) is 10.1. The van der Waals surface area contributed by atoms with Crippen molar-refractivity contribution < 1.29 is 27.7 Å². The zero-order chi connectivity index (χ0) is 34.3. The number of carbonyl (C=O) groups excluding carboxylic acids is 2. The number of hydrogen-bond acceptors (Lipinski definition) is 7. The lowest BCUT2D eigenvalue weighted by atomic mass is 10.1. The summed E-state index contributed by atoms with van der Waals surface area (Å²) in [6.07, 6.45) is 0.809. The molecule has 0 bridgehead atoms. The summed E-state index contributed by atoms with van der Waals surface area (Å²) in [6, 6.07) is 11.2. The third kappa shape index (κ3) is 8.41. The van der Waals surface area contributed by atoms with Gasteiger partial charge in [-0.25, -0.2) is 8.42 Å². The highest BCUT2D eigenvalue weighted by atomic mass is 35.5. The number of benzene rings is 3. The van der Waals surface area contributed by atoms with Crippen molar-refractivity contribution in [3.05, 3.63) is 90.9 Å². The van der Waals surface area contributed by atoms with Crippen LogP contribution in [0.1, 0.15) is 44.7 Å². The SMILES string of the molecule is CC[C@H](C(=O)N[C@@H](C)CC)N(Cc1c(Cl)cccc1Cl)C(=O)CN(c1cc(Cl)ccc1OC)S(=O)(=O)c1ccc(C)c([N+](=O)[O-])c1. The average Bonchev–Trinajstić information content (AvgIpc) is 3.00. The Balaban J connectivity index is 2.23. The summed E-state index contributed by atoms with van der Waals surface area (Å²) >= 11 is 19.2. The largest absolute Gasteiger partial charge is 0.495 e. The van der Waals surface area contributed by atoms with E-state index >= 15 is 0 Å². The van der Waals surface area contributed by atoms with Gasteiger partial charge in [-0.05, 0) is 63.1 Å². The monoisotopic (exact) mass is 712 g/mol. The van der Waals surface area contributed by atoms with Gasteiger partial charge in [0.05, 0.1) is 22.6 Å². The van der Waals surface area contributed by atoms with E-state index in [4.69, 9.17) is 39.5 Å². The molecular weight excluding hydrogens is 679 g/mol. The van der Waals surface area contributed by atoms with Crippen LogP contribution in [0.3, 0.4) is 0 Å². The van der Waals surface area contributed by atoms with E-state index < -0.39 is 49.9 Å². The molecule has 15 heteroatoms. The second-order valence-corrected chi connectivity index (χ2v) is 13.6. The molecule has 3 aromatic carbocycles. The van der Waals surface area contributed by atoms with E-state index in [1.165, 1.54) is 49.3 Å². The van der Waals surface area contributed by atoms with Crippen molar-refractivity contribution in [2.75, 3.05) is 18.0 Å². The number of methoxy groups -OCH3 is 1. The van der Waals surface area contributed by atoms with Gasteiger partial charge in [0, 0.05) is 44.8 Å². The molecule has 0 saturated carbocycles. The summed E-state index contributed by atoms with van der Waals surface area (Å²) in [7, 11) is -3.37. The van der Waals surface area contributed by atoms with Gasteiger partial charge < -0.3 is 15.0 Å². The Labute approximate surface area is 283 Å². The minimum Gasteiger partial charge on any atom is -0.495 e. The van der Waals surface area contributed by atoms with Crippen molar-refractivity contribution >= 4 is 68.0 Å². The minimum atomic E-state index is -4.68. The summed E-state index contributed by atoms with van der Waals surface area (Å²) in [5.41, 5.74) is 0.0817. The molecule has 0 fully saturated rings. The molecule has 1 N–H and O–H groups in total. The van der Waals surface area contributed by atoms with Gasteiger partial charge in [0.15, 0.2) is 0 Å². The number of hydrogen-bond donors (Lipinski definition) is 1. The molecule has 11 nitrogen and oxygen atoms in total. The highest BCUT2D eigenvalue weighted by molar-refractivity contribution is 7.92. The second-order valence-electron chi connectivity index (χ2n) is 10.5. The van der Waals surface area contributed by atoms with Crippen molar-refractivity contribution in [1.82, 2.24) is 10.2 Å². The Bertz CT molecular complexity index is 1700. The van der Waals surface area contributed by atoms with Crippen molar-refractivity contribution in [1.29, 1.82) is 0 Å². The van der Waals surface area contributed by atoms with E-state index in [-0.39, 0.29) is 51.1 Å². The molecule has 0 heterocycles. The summed E-state index contributed by atoms with van der Waals surface area (Å²) in [5, 5.41) is 15.2. The molecule has 3 rings (SSSR count). The zero-order valence-corrected chi connectivity index (χ0v) is 29.0. The molecule has 0 saturated heterocycles. The Kier molecular flexibility index (Phi) is 12.7. The molecule has 2 amide bonds. The van der Waals surface area contributed by atoms with Crippen LogP contribution in [0.25, 0.3) is 0 Å². The van der Waals surface area contributed by atoms with Gasteiger partial charge in [-0.3, -0.25) is 24.0 Å². The van der Waals surface area contributed by atoms with E-state index in [9.17, 15) is 28.1 Å². The van der Waals surface area contributed by atoms with Gasteiger partial charge in [-0.1, -0.05) is 60.8 Å². The van der Waals surface area contributed by atoms with Crippen LogP contribution in [0.5, 0.6) is 5.75 Å². The fourth-order valence-electron chi connectivity index (χ4n) is 4.66.